The van der Waals surface area contributed by atoms with Crippen LogP contribution in [0.25, 0.3) is 10.3 Å². The molecule has 3 aromatic rings. The van der Waals surface area contributed by atoms with E-state index in [2.05, 4.69) is 15.0 Å². The van der Waals surface area contributed by atoms with Gasteiger partial charge in [0, 0.05) is 0 Å². The van der Waals surface area contributed by atoms with Gasteiger partial charge < -0.3 is 4.74 Å². The van der Waals surface area contributed by atoms with E-state index in [1.165, 1.54) is 17.7 Å². The van der Waals surface area contributed by atoms with E-state index in [1.807, 2.05) is 31.4 Å². The topological polar surface area (TPSA) is 47.9 Å². The lowest BCUT2D eigenvalue weighted by atomic mass is 10.2. The number of hydrogen-bond donors (Lipinski definition) is 0. The fourth-order valence-corrected chi connectivity index (χ4v) is 3.26. The van der Waals surface area contributed by atoms with Crippen molar-refractivity contribution in [2.24, 2.45) is 0 Å². The van der Waals surface area contributed by atoms with Gasteiger partial charge in [-0.3, -0.25) is 0 Å². The molecule has 0 atom stereocenters. The minimum absolute atomic E-state index is 0.486. The van der Waals surface area contributed by atoms with Gasteiger partial charge in [-0.1, -0.05) is 29.4 Å². The van der Waals surface area contributed by atoms with E-state index in [0.717, 1.165) is 14.6 Å². The Kier molecular flexibility index (Phi) is 3.78. The minimum Gasteiger partial charge on any atom is -0.436 e. The molecule has 0 amide bonds. The Morgan fingerprint density at radius 1 is 1.30 bits per heavy atom. The van der Waals surface area contributed by atoms with Crippen LogP contribution in [0.3, 0.4) is 0 Å². The Bertz CT molecular complexity index is 775. The Morgan fingerprint density at radius 2 is 2.15 bits per heavy atom. The summed E-state index contributed by atoms with van der Waals surface area (Å²) >= 11 is 9.23. The number of aromatic nitrogens is 3. The van der Waals surface area contributed by atoms with Crippen LogP contribution in [-0.4, -0.2) is 21.2 Å². The second kappa shape index (κ2) is 5.55. The first kappa shape index (κ1) is 13.6. The van der Waals surface area contributed by atoms with E-state index in [1.54, 1.807) is 11.8 Å². The Balaban J connectivity index is 2.06. The van der Waals surface area contributed by atoms with Crippen LogP contribution in [-0.2, 0) is 0 Å². The molecule has 0 radical (unpaired) electrons. The van der Waals surface area contributed by atoms with Gasteiger partial charge in [-0.2, -0.15) is 0 Å². The Morgan fingerprint density at radius 3 is 2.95 bits per heavy atom. The molecule has 2 aromatic heterocycles. The van der Waals surface area contributed by atoms with Crippen LogP contribution >= 0.6 is 34.7 Å². The maximum atomic E-state index is 6.15. The smallest absolute Gasteiger partial charge is 0.242 e. The fourth-order valence-electron chi connectivity index (χ4n) is 1.67. The van der Waals surface area contributed by atoms with Crippen molar-refractivity contribution in [1.82, 2.24) is 15.0 Å². The normalized spacial score (nSPS) is 10.9. The summed E-state index contributed by atoms with van der Waals surface area (Å²) in [5, 5.41) is 0.553. The van der Waals surface area contributed by atoms with Gasteiger partial charge >= 0.3 is 0 Å². The zero-order valence-corrected chi connectivity index (χ0v) is 13.1. The number of rotatable bonds is 3. The average molecular weight is 324 g/mol. The summed E-state index contributed by atoms with van der Waals surface area (Å²) in [5.41, 5.74) is 1.72. The fraction of sp³-hybridized carbons (Fsp3) is 0.154. The number of aryl methyl sites for hydroxylation is 1. The molecule has 0 saturated heterocycles. The first-order valence-corrected chi connectivity index (χ1v) is 8.19. The molecular weight excluding hydrogens is 314 g/mol. The molecule has 1 aromatic carbocycles. The molecule has 7 heteroatoms. The van der Waals surface area contributed by atoms with Crippen LogP contribution in [0.4, 0.5) is 0 Å². The molecule has 2 heterocycles. The molecule has 3 rings (SSSR count). The molecule has 0 bridgehead atoms. The molecule has 0 aliphatic carbocycles. The van der Waals surface area contributed by atoms with Crippen molar-refractivity contribution < 1.29 is 4.74 Å². The SMILES string of the molecule is CSc1nc2ncnc(Oc3cc(C)ccc3Cl)c2s1. The quantitative estimate of drug-likeness (QED) is 0.661. The Labute approximate surface area is 129 Å². The van der Waals surface area contributed by atoms with Crippen LogP contribution in [0, 0.1) is 6.92 Å². The maximum Gasteiger partial charge on any atom is 0.242 e. The predicted octanol–water partition coefficient (Wildman–Crippen LogP) is 4.56. The predicted molar refractivity (Wildman–Crippen MR) is 83.3 cm³/mol. The number of nitrogens with zero attached hydrogens (tertiary/aromatic N) is 3. The van der Waals surface area contributed by atoms with Gasteiger partial charge in [0.25, 0.3) is 0 Å². The molecule has 102 valence electrons. The van der Waals surface area contributed by atoms with Gasteiger partial charge in [-0.15, -0.1) is 11.3 Å². The van der Waals surface area contributed by atoms with Crippen molar-refractivity contribution in [2.75, 3.05) is 6.26 Å². The van der Waals surface area contributed by atoms with Gasteiger partial charge in [-0.25, -0.2) is 15.0 Å². The summed E-state index contributed by atoms with van der Waals surface area (Å²) in [6, 6.07) is 5.63. The molecule has 4 nitrogen and oxygen atoms in total. The molecule has 0 fully saturated rings. The number of thiazole rings is 1. The third kappa shape index (κ3) is 2.59. The molecule has 0 aliphatic rings. The second-order valence-corrected chi connectivity index (χ2v) is 6.51. The average Bonchev–Trinajstić information content (AvgIpc) is 2.87. The first-order chi connectivity index (χ1) is 9.67. The number of halogens is 1. The van der Waals surface area contributed by atoms with Crippen molar-refractivity contribution in [2.45, 2.75) is 11.3 Å². The third-order valence-electron chi connectivity index (χ3n) is 2.61. The summed E-state index contributed by atoms with van der Waals surface area (Å²) in [7, 11) is 0. The van der Waals surface area contributed by atoms with Crippen molar-refractivity contribution in [3.05, 3.63) is 35.1 Å². The van der Waals surface area contributed by atoms with E-state index in [-0.39, 0.29) is 0 Å². The molecule has 0 unspecified atom stereocenters. The highest BCUT2D eigenvalue weighted by Gasteiger charge is 2.13. The third-order valence-corrected chi connectivity index (χ3v) is 4.94. The highest BCUT2D eigenvalue weighted by atomic mass is 35.5. The Hall–Kier alpha value is -1.37. The van der Waals surface area contributed by atoms with Crippen molar-refractivity contribution in [3.63, 3.8) is 0 Å². The monoisotopic (exact) mass is 323 g/mol. The molecule has 0 aliphatic heterocycles. The van der Waals surface area contributed by atoms with Crippen LogP contribution < -0.4 is 4.74 Å². The lowest BCUT2D eigenvalue weighted by Crippen LogP contribution is -1.91. The van der Waals surface area contributed by atoms with Gasteiger partial charge in [0.2, 0.25) is 5.88 Å². The zero-order chi connectivity index (χ0) is 14.1. The van der Waals surface area contributed by atoms with Gasteiger partial charge in [0.15, 0.2) is 9.99 Å². The number of benzene rings is 1. The van der Waals surface area contributed by atoms with E-state index < -0.39 is 0 Å². The van der Waals surface area contributed by atoms with E-state index in [0.29, 0.717) is 22.3 Å². The number of fused-ring (bicyclic) bond motifs is 1. The van der Waals surface area contributed by atoms with Crippen molar-refractivity contribution in [1.29, 1.82) is 0 Å². The van der Waals surface area contributed by atoms with E-state index in [9.17, 15) is 0 Å². The van der Waals surface area contributed by atoms with Crippen molar-refractivity contribution in [3.8, 4) is 11.6 Å². The number of hydrogen-bond acceptors (Lipinski definition) is 6. The molecular formula is C13H10ClN3OS2. The van der Waals surface area contributed by atoms with E-state index >= 15 is 0 Å². The maximum absolute atomic E-state index is 6.15. The van der Waals surface area contributed by atoms with Gasteiger partial charge in [0.05, 0.1) is 5.02 Å². The number of thioether (sulfide) groups is 1. The highest BCUT2D eigenvalue weighted by Crippen LogP contribution is 2.36. The van der Waals surface area contributed by atoms with Crippen LogP contribution in [0.15, 0.2) is 28.9 Å². The minimum atomic E-state index is 0.486. The summed E-state index contributed by atoms with van der Waals surface area (Å²) in [6.07, 6.45) is 3.42. The van der Waals surface area contributed by atoms with Crippen LogP contribution in [0.1, 0.15) is 5.56 Å². The highest BCUT2D eigenvalue weighted by molar-refractivity contribution is 8.00. The van der Waals surface area contributed by atoms with Gasteiger partial charge in [-0.05, 0) is 30.9 Å². The zero-order valence-electron chi connectivity index (χ0n) is 10.8. The van der Waals surface area contributed by atoms with Gasteiger partial charge in [0.1, 0.15) is 16.8 Å². The molecule has 0 N–H and O–H groups in total. The first-order valence-electron chi connectivity index (χ1n) is 5.77. The van der Waals surface area contributed by atoms with Crippen molar-refractivity contribution >= 4 is 45.0 Å². The summed E-state index contributed by atoms with van der Waals surface area (Å²) in [5.74, 6) is 1.08. The molecule has 0 spiro atoms. The lowest BCUT2D eigenvalue weighted by molar-refractivity contribution is 0.469. The largest absolute Gasteiger partial charge is 0.436 e. The molecule has 0 saturated carbocycles. The standard InChI is InChI=1S/C13H10ClN3OS2/c1-7-3-4-8(14)9(5-7)18-12-10-11(15-6-16-12)17-13(19-2)20-10/h3-6H,1-2H3. The second-order valence-electron chi connectivity index (χ2n) is 4.05. The molecule has 20 heavy (non-hydrogen) atoms. The lowest BCUT2D eigenvalue weighted by Gasteiger charge is -2.07. The van der Waals surface area contributed by atoms with Crippen LogP contribution in [0.5, 0.6) is 11.6 Å². The summed E-state index contributed by atoms with van der Waals surface area (Å²) in [6.45, 7) is 1.98. The summed E-state index contributed by atoms with van der Waals surface area (Å²) < 4.78 is 7.60. The van der Waals surface area contributed by atoms with E-state index in [4.69, 9.17) is 16.3 Å². The summed E-state index contributed by atoms with van der Waals surface area (Å²) in [4.78, 5) is 12.7. The van der Waals surface area contributed by atoms with Crippen LogP contribution in [0.2, 0.25) is 5.02 Å². The number of ether oxygens (including phenoxy) is 1.